The molecular weight excluding hydrogens is 378 g/mol. The number of hydrogen-bond donors (Lipinski definition) is 0. The van der Waals surface area contributed by atoms with Crippen molar-refractivity contribution >= 4 is 17.2 Å². The summed E-state index contributed by atoms with van der Waals surface area (Å²) in [5.74, 6) is 0.166. The van der Waals surface area contributed by atoms with Crippen LogP contribution in [0.1, 0.15) is 32.7 Å². The van der Waals surface area contributed by atoms with E-state index in [0.717, 1.165) is 60.1 Å². The molecule has 1 aromatic heterocycles. The molecule has 0 radical (unpaired) electrons. The summed E-state index contributed by atoms with van der Waals surface area (Å²) in [5.41, 5.74) is 6.51. The third-order valence-corrected chi connectivity index (χ3v) is 6.45. The summed E-state index contributed by atoms with van der Waals surface area (Å²) < 4.78 is 0. The van der Waals surface area contributed by atoms with Gasteiger partial charge in [-0.05, 0) is 31.9 Å². The maximum Gasteiger partial charge on any atom is 0.254 e. The largest absolute Gasteiger partial charge is 0.336 e. The predicted molar refractivity (Wildman–Crippen MR) is 119 cm³/mol. The molecule has 0 unspecified atom stereocenters. The molecule has 0 saturated carbocycles. The topological polar surface area (TPSA) is 36.4 Å². The van der Waals surface area contributed by atoms with Crippen LogP contribution in [0, 0.1) is 20.8 Å². The van der Waals surface area contributed by atoms with Gasteiger partial charge >= 0.3 is 0 Å². The minimum Gasteiger partial charge on any atom is -0.336 e. The van der Waals surface area contributed by atoms with E-state index in [-0.39, 0.29) is 5.91 Å². The summed E-state index contributed by atoms with van der Waals surface area (Å²) in [6.07, 6.45) is 0. The van der Waals surface area contributed by atoms with E-state index >= 15 is 0 Å². The molecule has 4 nitrogen and oxygen atoms in total. The summed E-state index contributed by atoms with van der Waals surface area (Å²) in [6.45, 7) is 10.3. The number of amides is 1. The normalized spacial score (nSPS) is 14.9. The Kier molecular flexibility index (Phi) is 5.79. The number of rotatable bonds is 4. The second-order valence-electron chi connectivity index (χ2n) is 7.85. The standard InChI is InChI=1S/C24H27N3OS/c1-17-13-18(2)22(19(3)14-17)24(28)27-11-9-26(10-12-27)15-21-16-29-23(25-21)20-7-5-4-6-8-20/h4-8,13-14,16H,9-12,15H2,1-3H3. The van der Waals surface area contributed by atoms with Crippen molar-refractivity contribution in [3.63, 3.8) is 0 Å². The van der Waals surface area contributed by atoms with Crippen LogP contribution in [0.25, 0.3) is 10.6 Å². The van der Waals surface area contributed by atoms with Crippen molar-refractivity contribution in [1.29, 1.82) is 0 Å². The molecule has 0 aliphatic carbocycles. The average molecular weight is 406 g/mol. The average Bonchev–Trinajstić information content (AvgIpc) is 3.17. The van der Waals surface area contributed by atoms with Gasteiger partial charge < -0.3 is 4.90 Å². The highest BCUT2D eigenvalue weighted by atomic mass is 32.1. The van der Waals surface area contributed by atoms with Gasteiger partial charge in [-0.2, -0.15) is 0 Å². The van der Waals surface area contributed by atoms with Gasteiger partial charge in [0.25, 0.3) is 5.91 Å². The number of hydrogen-bond acceptors (Lipinski definition) is 4. The van der Waals surface area contributed by atoms with Gasteiger partial charge in [0.15, 0.2) is 0 Å². The lowest BCUT2D eigenvalue weighted by atomic mass is 9.98. The number of aryl methyl sites for hydroxylation is 3. The lowest BCUT2D eigenvalue weighted by molar-refractivity contribution is 0.0626. The Balaban J connectivity index is 1.37. The van der Waals surface area contributed by atoms with Gasteiger partial charge in [0.2, 0.25) is 0 Å². The Labute approximate surface area is 176 Å². The number of aromatic nitrogens is 1. The molecule has 1 fully saturated rings. The van der Waals surface area contributed by atoms with Crippen molar-refractivity contribution in [2.75, 3.05) is 26.2 Å². The van der Waals surface area contributed by atoms with E-state index < -0.39 is 0 Å². The highest BCUT2D eigenvalue weighted by Gasteiger charge is 2.24. The van der Waals surface area contributed by atoms with Crippen LogP contribution in [0.5, 0.6) is 0 Å². The molecule has 3 aromatic rings. The van der Waals surface area contributed by atoms with Crippen LogP contribution in [0.4, 0.5) is 0 Å². The SMILES string of the molecule is Cc1cc(C)c(C(=O)N2CCN(Cc3csc(-c4ccccc4)n3)CC2)c(C)c1. The number of nitrogens with zero attached hydrogens (tertiary/aromatic N) is 3. The molecule has 0 spiro atoms. The van der Waals surface area contributed by atoms with Crippen molar-refractivity contribution in [3.05, 3.63) is 75.8 Å². The van der Waals surface area contributed by atoms with Gasteiger partial charge in [0.05, 0.1) is 5.69 Å². The first-order valence-electron chi connectivity index (χ1n) is 10.1. The molecule has 0 bridgehead atoms. The summed E-state index contributed by atoms with van der Waals surface area (Å²) in [6, 6.07) is 14.5. The van der Waals surface area contributed by atoms with Gasteiger partial charge in [-0.1, -0.05) is 48.0 Å². The molecule has 150 valence electrons. The maximum atomic E-state index is 13.1. The highest BCUT2D eigenvalue weighted by Crippen LogP contribution is 2.24. The molecule has 29 heavy (non-hydrogen) atoms. The van der Waals surface area contributed by atoms with E-state index in [0.29, 0.717) is 0 Å². The van der Waals surface area contributed by atoms with Gasteiger partial charge in [-0.3, -0.25) is 9.69 Å². The second kappa shape index (κ2) is 8.47. The van der Waals surface area contributed by atoms with Crippen LogP contribution in [0.2, 0.25) is 0 Å². The Morgan fingerprint density at radius 1 is 1.00 bits per heavy atom. The van der Waals surface area contributed by atoms with E-state index in [1.807, 2.05) is 36.9 Å². The van der Waals surface area contributed by atoms with Gasteiger partial charge in [-0.25, -0.2) is 4.98 Å². The zero-order valence-electron chi connectivity index (χ0n) is 17.3. The quantitative estimate of drug-likeness (QED) is 0.632. The van der Waals surface area contributed by atoms with E-state index in [2.05, 4.69) is 41.5 Å². The molecule has 1 saturated heterocycles. The Morgan fingerprint density at radius 3 is 2.31 bits per heavy atom. The predicted octanol–water partition coefficient (Wildman–Crippen LogP) is 4.69. The molecule has 1 aliphatic heterocycles. The van der Waals surface area contributed by atoms with E-state index in [9.17, 15) is 4.79 Å². The molecule has 1 aliphatic rings. The van der Waals surface area contributed by atoms with E-state index in [1.54, 1.807) is 11.3 Å². The highest BCUT2D eigenvalue weighted by molar-refractivity contribution is 7.13. The number of carbonyl (C=O) groups excluding carboxylic acids is 1. The molecule has 4 rings (SSSR count). The zero-order chi connectivity index (χ0) is 20.4. The van der Waals surface area contributed by atoms with Gasteiger partial charge in [-0.15, -0.1) is 11.3 Å². The first-order valence-corrected chi connectivity index (χ1v) is 11.0. The Hall–Kier alpha value is -2.50. The first kappa shape index (κ1) is 19.8. The number of carbonyl (C=O) groups is 1. The Morgan fingerprint density at radius 2 is 1.66 bits per heavy atom. The van der Waals surface area contributed by atoms with Crippen LogP contribution in [0.3, 0.4) is 0 Å². The monoisotopic (exact) mass is 405 g/mol. The second-order valence-corrected chi connectivity index (χ2v) is 8.71. The van der Waals surface area contributed by atoms with Crippen LogP contribution < -0.4 is 0 Å². The number of piperazine rings is 1. The summed E-state index contributed by atoms with van der Waals surface area (Å²) in [5, 5.41) is 3.22. The van der Waals surface area contributed by atoms with E-state index in [1.165, 1.54) is 11.1 Å². The van der Waals surface area contributed by atoms with Crippen LogP contribution >= 0.6 is 11.3 Å². The van der Waals surface area contributed by atoms with Crippen molar-refractivity contribution < 1.29 is 4.79 Å². The summed E-state index contributed by atoms with van der Waals surface area (Å²) in [7, 11) is 0. The fourth-order valence-electron chi connectivity index (χ4n) is 4.11. The maximum absolute atomic E-state index is 13.1. The summed E-state index contributed by atoms with van der Waals surface area (Å²) >= 11 is 1.70. The van der Waals surface area contributed by atoms with Crippen molar-refractivity contribution in [1.82, 2.24) is 14.8 Å². The fourth-order valence-corrected chi connectivity index (χ4v) is 4.92. The number of benzene rings is 2. The molecule has 1 amide bonds. The van der Waals surface area contributed by atoms with Crippen molar-refractivity contribution in [2.24, 2.45) is 0 Å². The Bertz CT molecular complexity index is 981. The van der Waals surface area contributed by atoms with Gasteiger partial charge in [0.1, 0.15) is 5.01 Å². The first-order chi connectivity index (χ1) is 14.0. The lowest BCUT2D eigenvalue weighted by Crippen LogP contribution is -2.48. The molecule has 2 aromatic carbocycles. The zero-order valence-corrected chi connectivity index (χ0v) is 18.1. The van der Waals surface area contributed by atoms with Crippen molar-refractivity contribution in [3.8, 4) is 10.6 Å². The minimum absolute atomic E-state index is 0.166. The van der Waals surface area contributed by atoms with E-state index in [4.69, 9.17) is 4.98 Å². The van der Waals surface area contributed by atoms with Crippen LogP contribution in [-0.2, 0) is 6.54 Å². The van der Waals surface area contributed by atoms with Gasteiger partial charge in [0, 0.05) is 49.2 Å². The number of thiazole rings is 1. The molecule has 0 atom stereocenters. The fraction of sp³-hybridized carbons (Fsp3) is 0.333. The third-order valence-electron chi connectivity index (χ3n) is 5.51. The molecule has 5 heteroatoms. The van der Waals surface area contributed by atoms with Crippen LogP contribution in [0.15, 0.2) is 47.8 Å². The summed E-state index contributed by atoms with van der Waals surface area (Å²) in [4.78, 5) is 22.3. The smallest absolute Gasteiger partial charge is 0.254 e. The lowest BCUT2D eigenvalue weighted by Gasteiger charge is -2.35. The van der Waals surface area contributed by atoms with Crippen molar-refractivity contribution in [2.45, 2.75) is 27.3 Å². The molecule has 2 heterocycles. The molecule has 0 N–H and O–H groups in total. The minimum atomic E-state index is 0.166. The van der Waals surface area contributed by atoms with Crippen LogP contribution in [-0.4, -0.2) is 46.9 Å². The molecular formula is C24H27N3OS. The third kappa shape index (κ3) is 4.41.